The Bertz CT molecular complexity index is 2540. The van der Waals surface area contributed by atoms with Crippen molar-refractivity contribution in [2.24, 2.45) is 0 Å². The molecular formula is C48H42O12. The Morgan fingerprint density at radius 2 is 1.07 bits per heavy atom. The van der Waals surface area contributed by atoms with E-state index in [2.05, 4.69) is 0 Å². The molecule has 0 radical (unpaired) electrons. The van der Waals surface area contributed by atoms with Crippen molar-refractivity contribution < 1.29 is 58.2 Å². The molecule has 0 bridgehead atoms. The van der Waals surface area contributed by atoms with E-state index in [0.717, 1.165) is 11.1 Å². The van der Waals surface area contributed by atoms with E-state index in [1.54, 1.807) is 72.8 Å². The van der Waals surface area contributed by atoms with Crippen LogP contribution in [0.5, 0.6) is 28.7 Å². The quantitative estimate of drug-likeness (QED) is 0.0483. The second kappa shape index (κ2) is 19.6. The number of carbonyl (C=O) groups excluding carboxylic acids is 4. The van der Waals surface area contributed by atoms with Gasteiger partial charge in [0, 0.05) is 29.5 Å². The molecule has 0 heterocycles. The van der Waals surface area contributed by atoms with Crippen LogP contribution in [-0.4, -0.2) is 60.2 Å². The van der Waals surface area contributed by atoms with E-state index in [1.807, 2.05) is 12.1 Å². The van der Waals surface area contributed by atoms with Crippen molar-refractivity contribution in [2.45, 2.75) is 32.7 Å². The maximum absolute atomic E-state index is 13.5. The minimum absolute atomic E-state index is 0.00314. The van der Waals surface area contributed by atoms with Crippen LogP contribution in [0.4, 0.5) is 0 Å². The SMILES string of the molecule is COc1cc(-c2ccc(CC(=O)c3ccc(OC(=O)c4ccc(CO)cc4CO)cc3)c(CO)c2)ccc1CC(=O)c1ccc(OC(=O)c2ccccc2OC)c(OC)c1. The zero-order valence-electron chi connectivity index (χ0n) is 33.1. The average molecular weight is 811 g/mol. The Kier molecular flexibility index (Phi) is 13.8. The summed E-state index contributed by atoms with van der Waals surface area (Å²) in [5.74, 6) is -0.387. The molecule has 306 valence electrons. The molecule has 0 saturated heterocycles. The smallest absolute Gasteiger partial charge is 0.347 e. The number of ketones is 2. The van der Waals surface area contributed by atoms with Crippen molar-refractivity contribution in [1.29, 1.82) is 0 Å². The standard InChI is InChI=1S/C48H42O12/c1-56-43-7-5-4-6-40(43)48(55)60-44-19-15-34(25-46(44)58-3)42(53)23-35-12-11-33(24-45(35)57-2)31-9-10-32(36(21-31)27-50)22-41(52)30-13-16-38(17-14-30)59-47(54)39-18-8-29(26-49)20-37(39)28-51/h4-21,24-25,49-51H,22-23,26-28H2,1-3H3. The minimum Gasteiger partial charge on any atom is -0.496 e. The zero-order chi connectivity index (χ0) is 42.8. The van der Waals surface area contributed by atoms with Gasteiger partial charge in [-0.3, -0.25) is 9.59 Å². The molecule has 6 rings (SSSR count). The van der Waals surface area contributed by atoms with Crippen molar-refractivity contribution in [3.8, 4) is 39.9 Å². The van der Waals surface area contributed by atoms with Gasteiger partial charge in [-0.25, -0.2) is 9.59 Å². The third-order valence-electron chi connectivity index (χ3n) is 9.84. The number of hydrogen-bond donors (Lipinski definition) is 3. The van der Waals surface area contributed by atoms with Crippen molar-refractivity contribution in [3.63, 3.8) is 0 Å². The largest absolute Gasteiger partial charge is 0.496 e. The fourth-order valence-corrected chi connectivity index (χ4v) is 6.59. The normalized spacial score (nSPS) is 10.8. The molecule has 0 saturated carbocycles. The van der Waals surface area contributed by atoms with Gasteiger partial charge in [0.05, 0.1) is 46.7 Å². The van der Waals surface area contributed by atoms with E-state index in [1.165, 1.54) is 57.7 Å². The van der Waals surface area contributed by atoms with Crippen LogP contribution in [-0.2, 0) is 32.7 Å². The lowest BCUT2D eigenvalue weighted by atomic mass is 9.94. The summed E-state index contributed by atoms with van der Waals surface area (Å²) in [6.07, 6.45) is 0.00980. The molecule has 0 aliphatic carbocycles. The second-order valence-electron chi connectivity index (χ2n) is 13.5. The summed E-state index contributed by atoms with van der Waals surface area (Å²) in [6.45, 7) is -0.954. The fourth-order valence-electron chi connectivity index (χ4n) is 6.59. The number of aliphatic hydroxyl groups is 3. The van der Waals surface area contributed by atoms with Crippen LogP contribution < -0.4 is 23.7 Å². The Morgan fingerprint density at radius 1 is 0.450 bits per heavy atom. The maximum atomic E-state index is 13.5. The van der Waals surface area contributed by atoms with E-state index in [9.17, 15) is 34.5 Å². The number of esters is 2. The van der Waals surface area contributed by atoms with E-state index in [4.69, 9.17) is 23.7 Å². The summed E-state index contributed by atoms with van der Waals surface area (Å²) in [5.41, 5.74) is 5.33. The van der Waals surface area contributed by atoms with Gasteiger partial charge in [-0.15, -0.1) is 0 Å². The Morgan fingerprint density at radius 3 is 1.75 bits per heavy atom. The van der Waals surface area contributed by atoms with Crippen LogP contribution in [0.2, 0.25) is 0 Å². The molecule has 6 aromatic carbocycles. The summed E-state index contributed by atoms with van der Waals surface area (Å²) >= 11 is 0. The minimum atomic E-state index is -0.688. The number of ether oxygens (including phenoxy) is 5. The molecule has 3 N–H and O–H groups in total. The molecule has 0 fully saturated rings. The van der Waals surface area contributed by atoms with Gasteiger partial charge in [0.1, 0.15) is 22.8 Å². The molecule has 0 amide bonds. The third kappa shape index (κ3) is 9.76. The van der Waals surface area contributed by atoms with E-state index >= 15 is 0 Å². The van der Waals surface area contributed by atoms with Crippen molar-refractivity contribution >= 4 is 23.5 Å². The Labute approximate surface area is 346 Å². The number of aliphatic hydroxyl groups excluding tert-OH is 3. The van der Waals surface area contributed by atoms with E-state index in [-0.39, 0.29) is 66.0 Å². The summed E-state index contributed by atoms with van der Waals surface area (Å²) in [4.78, 5) is 52.4. The van der Waals surface area contributed by atoms with Gasteiger partial charge in [0.2, 0.25) is 0 Å². The number of methoxy groups -OCH3 is 3. The van der Waals surface area contributed by atoms with Gasteiger partial charge in [0.15, 0.2) is 23.1 Å². The highest BCUT2D eigenvalue weighted by Gasteiger charge is 2.20. The first kappa shape index (κ1) is 42.5. The first-order chi connectivity index (χ1) is 29.1. The molecule has 6 aromatic rings. The summed E-state index contributed by atoms with van der Waals surface area (Å²) in [6, 6.07) is 32.8. The molecule has 0 unspecified atom stereocenters. The molecule has 12 heteroatoms. The van der Waals surface area contributed by atoms with Gasteiger partial charge in [-0.2, -0.15) is 0 Å². The highest BCUT2D eigenvalue weighted by Crippen LogP contribution is 2.33. The Hall–Kier alpha value is -7.12. The van der Waals surface area contributed by atoms with E-state index < -0.39 is 18.5 Å². The molecule has 60 heavy (non-hydrogen) atoms. The first-order valence-corrected chi connectivity index (χ1v) is 18.7. The zero-order valence-corrected chi connectivity index (χ0v) is 33.1. The number of benzene rings is 6. The third-order valence-corrected chi connectivity index (χ3v) is 9.84. The number of carbonyl (C=O) groups is 4. The van der Waals surface area contributed by atoms with Crippen LogP contribution in [0.3, 0.4) is 0 Å². The van der Waals surface area contributed by atoms with Gasteiger partial charge in [0.25, 0.3) is 0 Å². The molecule has 0 aliphatic heterocycles. The van der Waals surface area contributed by atoms with Crippen LogP contribution in [0.25, 0.3) is 11.1 Å². The molecule has 0 atom stereocenters. The summed E-state index contributed by atoms with van der Waals surface area (Å²) < 4.78 is 27.4. The number of Topliss-reactive ketones (excluding diaryl/α,β-unsaturated/α-hetero) is 2. The molecule has 0 aliphatic rings. The summed E-state index contributed by atoms with van der Waals surface area (Å²) in [7, 11) is 4.38. The lowest BCUT2D eigenvalue weighted by Crippen LogP contribution is -2.12. The molecular weight excluding hydrogens is 769 g/mol. The molecule has 12 nitrogen and oxygen atoms in total. The summed E-state index contributed by atoms with van der Waals surface area (Å²) in [5, 5.41) is 29.3. The monoisotopic (exact) mass is 810 g/mol. The average Bonchev–Trinajstić information content (AvgIpc) is 3.29. The van der Waals surface area contributed by atoms with Crippen molar-refractivity contribution in [1.82, 2.24) is 0 Å². The fraction of sp³-hybridized carbons (Fsp3) is 0.167. The van der Waals surface area contributed by atoms with Crippen molar-refractivity contribution in [2.75, 3.05) is 21.3 Å². The second-order valence-corrected chi connectivity index (χ2v) is 13.5. The predicted octanol–water partition coefficient (Wildman–Crippen LogP) is 7.15. The predicted molar refractivity (Wildman–Crippen MR) is 221 cm³/mol. The van der Waals surface area contributed by atoms with Crippen LogP contribution >= 0.6 is 0 Å². The van der Waals surface area contributed by atoms with Crippen LogP contribution in [0.15, 0.2) is 121 Å². The topological polar surface area (TPSA) is 175 Å². The first-order valence-electron chi connectivity index (χ1n) is 18.7. The van der Waals surface area contributed by atoms with Crippen LogP contribution in [0, 0.1) is 0 Å². The van der Waals surface area contributed by atoms with Crippen LogP contribution in [0.1, 0.15) is 69.2 Å². The lowest BCUT2D eigenvalue weighted by Gasteiger charge is -2.14. The van der Waals surface area contributed by atoms with Gasteiger partial charge in [-0.05, 0) is 106 Å². The number of hydrogen-bond acceptors (Lipinski definition) is 12. The molecule has 0 spiro atoms. The van der Waals surface area contributed by atoms with Crippen molar-refractivity contribution in [3.05, 3.63) is 171 Å². The Balaban J connectivity index is 1.11. The lowest BCUT2D eigenvalue weighted by molar-refractivity contribution is 0.0719. The number of para-hydroxylation sites is 1. The highest BCUT2D eigenvalue weighted by molar-refractivity contribution is 6.00. The van der Waals surface area contributed by atoms with Gasteiger partial charge >= 0.3 is 11.9 Å². The van der Waals surface area contributed by atoms with Gasteiger partial charge < -0.3 is 39.0 Å². The maximum Gasteiger partial charge on any atom is 0.347 e. The molecule has 0 aromatic heterocycles. The van der Waals surface area contributed by atoms with Gasteiger partial charge in [-0.1, -0.05) is 48.5 Å². The van der Waals surface area contributed by atoms with E-state index in [0.29, 0.717) is 50.4 Å². The number of rotatable bonds is 17. The highest BCUT2D eigenvalue weighted by atomic mass is 16.6.